The quantitative estimate of drug-likeness (QED) is 0.892. The van der Waals surface area contributed by atoms with Crippen LogP contribution in [-0.4, -0.2) is 52.7 Å². The van der Waals surface area contributed by atoms with Gasteiger partial charge in [-0.05, 0) is 19.8 Å². The van der Waals surface area contributed by atoms with Crippen LogP contribution in [0.4, 0.5) is 0 Å². The third-order valence-electron chi connectivity index (χ3n) is 3.40. The van der Waals surface area contributed by atoms with Gasteiger partial charge in [-0.15, -0.1) is 11.3 Å². The summed E-state index contributed by atoms with van der Waals surface area (Å²) >= 11 is 1.30. The lowest BCUT2D eigenvalue weighted by atomic mass is 10.1. The second-order valence-corrected chi connectivity index (χ2v) is 5.61. The number of hydrogen-bond donors (Lipinski definition) is 1. The van der Waals surface area contributed by atoms with E-state index in [0.717, 1.165) is 12.8 Å². The molecule has 1 aliphatic heterocycles. The SMILES string of the molecule is Cc1ncsc1C(=O)N(CCC(=O)O)C1CCOCC1. The number of thiazole rings is 1. The van der Waals surface area contributed by atoms with Gasteiger partial charge in [-0.25, -0.2) is 4.98 Å². The molecule has 1 aliphatic rings. The molecule has 20 heavy (non-hydrogen) atoms. The molecule has 2 rings (SSSR count). The monoisotopic (exact) mass is 298 g/mol. The zero-order valence-electron chi connectivity index (χ0n) is 11.4. The maximum atomic E-state index is 12.6. The fourth-order valence-corrected chi connectivity index (χ4v) is 3.06. The molecule has 1 aromatic rings. The Labute approximate surface area is 121 Å². The maximum absolute atomic E-state index is 12.6. The first-order chi connectivity index (χ1) is 9.59. The molecule has 0 saturated carbocycles. The van der Waals surface area contributed by atoms with Crippen LogP contribution in [-0.2, 0) is 9.53 Å². The predicted molar refractivity (Wildman–Crippen MR) is 74.0 cm³/mol. The number of ether oxygens (including phenoxy) is 1. The fourth-order valence-electron chi connectivity index (χ4n) is 2.30. The Bertz CT molecular complexity index is 482. The summed E-state index contributed by atoms with van der Waals surface area (Å²) in [7, 11) is 0. The number of carboxylic acid groups (broad SMARTS) is 1. The van der Waals surface area contributed by atoms with Crippen LogP contribution >= 0.6 is 11.3 Å². The second-order valence-electron chi connectivity index (χ2n) is 4.75. The van der Waals surface area contributed by atoms with Crippen molar-refractivity contribution >= 4 is 23.2 Å². The van der Waals surface area contributed by atoms with Crippen LogP contribution in [0, 0.1) is 6.92 Å². The van der Waals surface area contributed by atoms with Gasteiger partial charge in [-0.2, -0.15) is 0 Å². The number of hydrogen-bond acceptors (Lipinski definition) is 5. The molecular formula is C13H18N2O4S. The molecule has 7 heteroatoms. The molecule has 0 aliphatic carbocycles. The Hall–Kier alpha value is -1.47. The number of rotatable bonds is 5. The van der Waals surface area contributed by atoms with Gasteiger partial charge in [0.05, 0.1) is 17.6 Å². The van der Waals surface area contributed by atoms with Gasteiger partial charge in [-0.3, -0.25) is 9.59 Å². The van der Waals surface area contributed by atoms with Crippen molar-refractivity contribution in [1.82, 2.24) is 9.88 Å². The molecule has 1 saturated heterocycles. The molecule has 0 radical (unpaired) electrons. The molecule has 110 valence electrons. The van der Waals surface area contributed by atoms with Crippen molar-refractivity contribution in [2.75, 3.05) is 19.8 Å². The Balaban J connectivity index is 2.14. The average Bonchev–Trinajstić information content (AvgIpc) is 2.86. The smallest absolute Gasteiger partial charge is 0.305 e. The van der Waals surface area contributed by atoms with Crippen LogP contribution in [0.5, 0.6) is 0 Å². The summed E-state index contributed by atoms with van der Waals surface area (Å²) in [5, 5.41) is 8.86. The maximum Gasteiger partial charge on any atom is 0.305 e. The summed E-state index contributed by atoms with van der Waals surface area (Å²) in [6.07, 6.45) is 1.47. The fraction of sp³-hybridized carbons (Fsp3) is 0.615. The lowest BCUT2D eigenvalue weighted by molar-refractivity contribution is -0.137. The Morgan fingerprint density at radius 2 is 2.20 bits per heavy atom. The molecule has 1 amide bonds. The molecule has 0 spiro atoms. The van der Waals surface area contributed by atoms with Crippen molar-refractivity contribution in [2.45, 2.75) is 32.2 Å². The van der Waals surface area contributed by atoms with E-state index in [4.69, 9.17) is 9.84 Å². The molecule has 0 atom stereocenters. The van der Waals surface area contributed by atoms with E-state index in [1.807, 2.05) is 0 Å². The number of aryl methyl sites for hydroxylation is 1. The highest BCUT2D eigenvalue weighted by Gasteiger charge is 2.28. The predicted octanol–water partition coefficient (Wildman–Crippen LogP) is 1.55. The van der Waals surface area contributed by atoms with Crippen molar-refractivity contribution in [2.24, 2.45) is 0 Å². The van der Waals surface area contributed by atoms with Crippen LogP contribution in [0.3, 0.4) is 0 Å². The third kappa shape index (κ3) is 3.55. The number of carbonyl (C=O) groups is 2. The highest BCUT2D eigenvalue weighted by molar-refractivity contribution is 7.11. The van der Waals surface area contributed by atoms with Crippen LogP contribution in [0.25, 0.3) is 0 Å². The number of amides is 1. The number of nitrogens with zero attached hydrogens (tertiary/aromatic N) is 2. The first-order valence-electron chi connectivity index (χ1n) is 6.60. The minimum atomic E-state index is -0.893. The molecule has 0 bridgehead atoms. The molecule has 6 nitrogen and oxygen atoms in total. The van der Waals surface area contributed by atoms with E-state index < -0.39 is 5.97 Å². The van der Waals surface area contributed by atoms with Crippen LogP contribution in [0.15, 0.2) is 5.51 Å². The summed E-state index contributed by atoms with van der Waals surface area (Å²) in [5.74, 6) is -1.01. The summed E-state index contributed by atoms with van der Waals surface area (Å²) in [4.78, 5) is 29.8. The standard InChI is InChI=1S/C13H18N2O4S/c1-9-12(20-8-14-9)13(18)15(5-2-11(16)17)10-3-6-19-7-4-10/h8,10H,2-7H2,1H3,(H,16,17). The Kier molecular flexibility index (Phi) is 5.08. The van der Waals surface area contributed by atoms with Gasteiger partial charge in [0, 0.05) is 25.8 Å². The summed E-state index contributed by atoms with van der Waals surface area (Å²) in [5.41, 5.74) is 2.34. The lowest BCUT2D eigenvalue weighted by Crippen LogP contribution is -2.44. The number of aromatic nitrogens is 1. The first-order valence-corrected chi connectivity index (χ1v) is 7.48. The van der Waals surface area contributed by atoms with Crippen molar-refractivity contribution < 1.29 is 19.4 Å². The van der Waals surface area contributed by atoms with Gasteiger partial charge in [-0.1, -0.05) is 0 Å². The van der Waals surface area contributed by atoms with E-state index in [-0.39, 0.29) is 24.9 Å². The minimum Gasteiger partial charge on any atom is -0.481 e. The molecule has 1 aromatic heterocycles. The van der Waals surface area contributed by atoms with E-state index in [1.54, 1.807) is 17.3 Å². The zero-order chi connectivity index (χ0) is 14.5. The van der Waals surface area contributed by atoms with Gasteiger partial charge < -0.3 is 14.7 Å². The second kappa shape index (κ2) is 6.81. The molecule has 0 aromatic carbocycles. The number of carbonyl (C=O) groups excluding carboxylic acids is 1. The van der Waals surface area contributed by atoms with Crippen LogP contribution < -0.4 is 0 Å². The van der Waals surface area contributed by atoms with Crippen LogP contribution in [0.1, 0.15) is 34.6 Å². The lowest BCUT2D eigenvalue weighted by Gasteiger charge is -2.33. The average molecular weight is 298 g/mol. The zero-order valence-corrected chi connectivity index (χ0v) is 12.2. The number of carboxylic acids is 1. The van der Waals surface area contributed by atoms with Crippen molar-refractivity contribution in [3.05, 3.63) is 16.1 Å². The van der Waals surface area contributed by atoms with Crippen molar-refractivity contribution in [3.63, 3.8) is 0 Å². The Morgan fingerprint density at radius 1 is 1.50 bits per heavy atom. The van der Waals surface area contributed by atoms with E-state index in [2.05, 4.69) is 4.98 Å². The van der Waals surface area contributed by atoms with Gasteiger partial charge in [0.1, 0.15) is 4.88 Å². The molecule has 1 N–H and O–H groups in total. The van der Waals surface area contributed by atoms with E-state index in [1.165, 1.54) is 11.3 Å². The Morgan fingerprint density at radius 3 is 2.75 bits per heavy atom. The third-order valence-corrected chi connectivity index (χ3v) is 4.32. The highest BCUT2D eigenvalue weighted by atomic mass is 32.1. The molecule has 1 fully saturated rings. The molecular weight excluding hydrogens is 280 g/mol. The highest BCUT2D eigenvalue weighted by Crippen LogP contribution is 2.21. The van der Waals surface area contributed by atoms with Crippen LogP contribution in [0.2, 0.25) is 0 Å². The molecule has 0 unspecified atom stereocenters. The van der Waals surface area contributed by atoms with E-state index in [0.29, 0.717) is 23.8 Å². The van der Waals surface area contributed by atoms with Gasteiger partial charge >= 0.3 is 5.97 Å². The summed E-state index contributed by atoms with van der Waals surface area (Å²) < 4.78 is 5.31. The van der Waals surface area contributed by atoms with E-state index >= 15 is 0 Å². The van der Waals surface area contributed by atoms with E-state index in [9.17, 15) is 9.59 Å². The molecule has 2 heterocycles. The topological polar surface area (TPSA) is 79.7 Å². The first kappa shape index (κ1) is 14.9. The van der Waals surface area contributed by atoms with Crippen molar-refractivity contribution in [1.29, 1.82) is 0 Å². The van der Waals surface area contributed by atoms with Gasteiger partial charge in [0.15, 0.2) is 0 Å². The summed E-state index contributed by atoms with van der Waals surface area (Å²) in [6, 6.07) is 0.0529. The van der Waals surface area contributed by atoms with Crippen molar-refractivity contribution in [3.8, 4) is 0 Å². The van der Waals surface area contributed by atoms with Gasteiger partial charge in [0.25, 0.3) is 5.91 Å². The normalized spacial score (nSPS) is 16.1. The summed E-state index contributed by atoms with van der Waals surface area (Å²) in [6.45, 7) is 3.26. The minimum absolute atomic E-state index is 0.0407. The largest absolute Gasteiger partial charge is 0.481 e. The number of aliphatic carboxylic acids is 1. The van der Waals surface area contributed by atoms with Gasteiger partial charge in [0.2, 0.25) is 0 Å².